The molecule has 1 aromatic heterocycles. The van der Waals surface area contributed by atoms with Crippen molar-refractivity contribution in [2.24, 2.45) is 17.0 Å². The molecule has 0 aromatic carbocycles. The van der Waals surface area contributed by atoms with Crippen LogP contribution < -0.4 is 0 Å². The molecule has 7 heteroatoms. The highest BCUT2D eigenvalue weighted by Crippen LogP contribution is 2.41. The van der Waals surface area contributed by atoms with Gasteiger partial charge >= 0.3 is 5.97 Å². The van der Waals surface area contributed by atoms with Crippen LogP contribution >= 0.6 is 0 Å². The number of rotatable bonds is 15. The maximum Gasteiger partial charge on any atom is 0.303 e. The molecule has 1 aromatic rings. The summed E-state index contributed by atoms with van der Waals surface area (Å²) in [5, 5.41) is 32.6. The molecule has 0 radical (unpaired) electrons. The van der Waals surface area contributed by atoms with Crippen molar-refractivity contribution in [2.45, 2.75) is 95.3 Å². The standard InChI is InChI=1S/C22H35NO6/c24-16(7-5-8-17-9-6-14-29-17)12-13-18-19(21(25)15-20(18)23-28)10-3-1-2-4-11-22(26)27/h6,9,14,16,18-21,24-25H,1-5,7-8,10-13,15H2,(H,26,27). The van der Waals surface area contributed by atoms with Crippen LogP contribution in [-0.4, -0.2) is 39.5 Å². The van der Waals surface area contributed by atoms with Crippen LogP contribution in [0.2, 0.25) is 0 Å². The number of aryl methyl sites for hydroxylation is 1. The molecule has 5 atom stereocenters. The SMILES string of the molecule is O=NC1CC(O)C(CCCCCCC(=O)O)C1CCC(O)CCCc1ccco1. The van der Waals surface area contributed by atoms with E-state index in [1.54, 1.807) is 6.26 Å². The number of nitroso groups, excluding NO2 is 1. The van der Waals surface area contributed by atoms with Crippen molar-refractivity contribution in [3.8, 4) is 0 Å². The lowest BCUT2D eigenvalue weighted by Crippen LogP contribution is -2.23. The van der Waals surface area contributed by atoms with Crippen molar-refractivity contribution in [3.05, 3.63) is 29.1 Å². The second-order valence-corrected chi connectivity index (χ2v) is 8.35. The van der Waals surface area contributed by atoms with E-state index in [-0.39, 0.29) is 24.3 Å². The molecule has 2 rings (SSSR count). The van der Waals surface area contributed by atoms with Crippen molar-refractivity contribution in [1.82, 2.24) is 0 Å². The number of carboxylic acids is 1. The average molecular weight is 410 g/mol. The Hall–Kier alpha value is -1.73. The number of aliphatic hydroxyl groups is 2. The Kier molecular flexibility index (Phi) is 10.4. The van der Waals surface area contributed by atoms with Gasteiger partial charge in [-0.05, 0) is 68.9 Å². The minimum atomic E-state index is -0.765. The molecule has 1 fully saturated rings. The first-order chi connectivity index (χ1) is 14.0. The normalized spacial score (nSPS) is 25.2. The Balaban J connectivity index is 1.70. The second-order valence-electron chi connectivity index (χ2n) is 8.35. The Morgan fingerprint density at radius 1 is 1.14 bits per heavy atom. The number of aliphatic carboxylic acids is 1. The summed E-state index contributed by atoms with van der Waals surface area (Å²) in [6.07, 6.45) is 9.15. The molecule has 0 amide bonds. The van der Waals surface area contributed by atoms with Crippen LogP contribution in [0.4, 0.5) is 0 Å². The number of nitrogens with zero attached hydrogens (tertiary/aromatic N) is 1. The molecule has 1 heterocycles. The highest BCUT2D eigenvalue weighted by molar-refractivity contribution is 5.66. The van der Waals surface area contributed by atoms with Gasteiger partial charge in [0, 0.05) is 12.8 Å². The summed E-state index contributed by atoms with van der Waals surface area (Å²) < 4.78 is 5.30. The second kappa shape index (κ2) is 12.8. The Labute approximate surface area is 172 Å². The monoisotopic (exact) mass is 409 g/mol. The lowest BCUT2D eigenvalue weighted by Gasteiger charge is -2.24. The van der Waals surface area contributed by atoms with Crippen LogP contribution in [0.5, 0.6) is 0 Å². The number of carbonyl (C=O) groups is 1. The van der Waals surface area contributed by atoms with E-state index in [1.807, 2.05) is 12.1 Å². The van der Waals surface area contributed by atoms with Gasteiger partial charge in [0.1, 0.15) is 5.76 Å². The zero-order valence-corrected chi connectivity index (χ0v) is 17.1. The van der Waals surface area contributed by atoms with E-state index in [0.29, 0.717) is 32.1 Å². The zero-order valence-electron chi connectivity index (χ0n) is 17.1. The first kappa shape index (κ1) is 23.5. The predicted molar refractivity (Wildman–Crippen MR) is 109 cm³/mol. The molecule has 3 N–H and O–H groups in total. The van der Waals surface area contributed by atoms with Gasteiger partial charge < -0.3 is 19.7 Å². The van der Waals surface area contributed by atoms with Gasteiger partial charge in [0.05, 0.1) is 24.5 Å². The number of hydrogen-bond donors (Lipinski definition) is 3. The summed E-state index contributed by atoms with van der Waals surface area (Å²) in [4.78, 5) is 21.8. The van der Waals surface area contributed by atoms with Gasteiger partial charge in [-0.2, -0.15) is 4.91 Å². The van der Waals surface area contributed by atoms with Gasteiger partial charge in [0.25, 0.3) is 0 Å². The number of unbranched alkanes of at least 4 members (excludes halogenated alkanes) is 3. The molecule has 29 heavy (non-hydrogen) atoms. The van der Waals surface area contributed by atoms with E-state index in [0.717, 1.165) is 44.3 Å². The van der Waals surface area contributed by atoms with Gasteiger partial charge in [-0.3, -0.25) is 4.79 Å². The van der Waals surface area contributed by atoms with Crippen LogP contribution in [0.25, 0.3) is 0 Å². The van der Waals surface area contributed by atoms with E-state index in [4.69, 9.17) is 9.52 Å². The fourth-order valence-electron chi connectivity index (χ4n) is 4.61. The largest absolute Gasteiger partial charge is 0.481 e. The Bertz CT molecular complexity index is 590. The maximum absolute atomic E-state index is 11.2. The van der Waals surface area contributed by atoms with Crippen LogP contribution in [0, 0.1) is 16.7 Å². The fourth-order valence-corrected chi connectivity index (χ4v) is 4.61. The number of aliphatic hydroxyl groups excluding tert-OH is 2. The average Bonchev–Trinajstić information content (AvgIpc) is 3.30. The van der Waals surface area contributed by atoms with Gasteiger partial charge in [-0.1, -0.05) is 24.4 Å². The quantitative estimate of drug-likeness (QED) is 0.293. The molecular weight excluding hydrogens is 374 g/mol. The molecular formula is C22H35NO6. The van der Waals surface area contributed by atoms with Gasteiger partial charge in [0.15, 0.2) is 0 Å². The number of hydrogen-bond acceptors (Lipinski definition) is 6. The third-order valence-corrected chi connectivity index (χ3v) is 6.21. The molecule has 7 nitrogen and oxygen atoms in total. The molecule has 1 aliphatic carbocycles. The smallest absolute Gasteiger partial charge is 0.303 e. The lowest BCUT2D eigenvalue weighted by molar-refractivity contribution is -0.137. The molecule has 0 saturated heterocycles. The third-order valence-electron chi connectivity index (χ3n) is 6.21. The van der Waals surface area contributed by atoms with Crippen molar-refractivity contribution in [2.75, 3.05) is 0 Å². The van der Waals surface area contributed by atoms with Crippen LogP contribution in [0.3, 0.4) is 0 Å². The summed E-state index contributed by atoms with van der Waals surface area (Å²) in [6.45, 7) is 0. The van der Waals surface area contributed by atoms with Crippen molar-refractivity contribution >= 4 is 5.97 Å². The first-order valence-corrected chi connectivity index (χ1v) is 10.9. The molecule has 0 spiro atoms. The summed E-state index contributed by atoms with van der Waals surface area (Å²) in [5.74, 6) is 0.206. The number of carboxylic acid groups (broad SMARTS) is 1. The Morgan fingerprint density at radius 2 is 1.93 bits per heavy atom. The maximum atomic E-state index is 11.2. The highest BCUT2D eigenvalue weighted by Gasteiger charge is 2.42. The van der Waals surface area contributed by atoms with E-state index < -0.39 is 18.2 Å². The van der Waals surface area contributed by atoms with Gasteiger partial charge in [-0.15, -0.1) is 0 Å². The van der Waals surface area contributed by atoms with Crippen LogP contribution in [0.15, 0.2) is 28.0 Å². The third kappa shape index (κ3) is 8.26. The minimum Gasteiger partial charge on any atom is -0.481 e. The van der Waals surface area contributed by atoms with Crippen molar-refractivity contribution in [3.63, 3.8) is 0 Å². The van der Waals surface area contributed by atoms with E-state index in [9.17, 15) is 19.9 Å². The molecule has 0 aliphatic heterocycles. The van der Waals surface area contributed by atoms with Crippen molar-refractivity contribution < 1.29 is 24.5 Å². The zero-order chi connectivity index (χ0) is 21.1. The minimum absolute atomic E-state index is 0.0150. The molecule has 5 unspecified atom stereocenters. The summed E-state index contributed by atoms with van der Waals surface area (Å²) in [7, 11) is 0. The van der Waals surface area contributed by atoms with Crippen molar-refractivity contribution in [1.29, 1.82) is 0 Å². The molecule has 164 valence electrons. The van der Waals surface area contributed by atoms with E-state index in [1.165, 1.54) is 0 Å². The fraction of sp³-hybridized carbons (Fsp3) is 0.773. The topological polar surface area (TPSA) is 120 Å². The lowest BCUT2D eigenvalue weighted by atomic mass is 9.84. The van der Waals surface area contributed by atoms with Crippen LogP contribution in [0.1, 0.15) is 76.4 Å². The predicted octanol–water partition coefficient (Wildman–Crippen LogP) is 4.30. The summed E-state index contributed by atoms with van der Waals surface area (Å²) in [6, 6.07) is 3.41. The number of furan rings is 1. The molecule has 1 saturated carbocycles. The van der Waals surface area contributed by atoms with Gasteiger partial charge in [0.2, 0.25) is 0 Å². The Morgan fingerprint density at radius 3 is 2.62 bits per heavy atom. The highest BCUT2D eigenvalue weighted by atomic mass is 16.4. The molecule has 1 aliphatic rings. The first-order valence-electron chi connectivity index (χ1n) is 10.9. The van der Waals surface area contributed by atoms with Crippen LogP contribution in [-0.2, 0) is 11.2 Å². The van der Waals surface area contributed by atoms with Gasteiger partial charge in [-0.25, -0.2) is 0 Å². The summed E-state index contributed by atoms with van der Waals surface area (Å²) >= 11 is 0. The summed E-state index contributed by atoms with van der Waals surface area (Å²) in [5.41, 5.74) is 0. The van der Waals surface area contributed by atoms with E-state index >= 15 is 0 Å². The van der Waals surface area contributed by atoms with E-state index in [2.05, 4.69) is 5.18 Å². The molecule has 0 bridgehead atoms.